The number of benzene rings is 2. The Bertz CT molecular complexity index is 862. The molecule has 3 rings (SSSR count). The van der Waals surface area contributed by atoms with Crippen molar-refractivity contribution in [2.45, 2.75) is 23.8 Å². The Morgan fingerprint density at radius 1 is 1.08 bits per heavy atom. The lowest BCUT2D eigenvalue weighted by Gasteiger charge is -2.23. The van der Waals surface area contributed by atoms with Crippen molar-refractivity contribution in [1.82, 2.24) is 10.6 Å². The topological polar surface area (TPSA) is 87.3 Å². The summed E-state index contributed by atoms with van der Waals surface area (Å²) in [5.41, 5.74) is 0.849. The van der Waals surface area contributed by atoms with Crippen LogP contribution in [0, 0.1) is 0 Å². The van der Waals surface area contributed by atoms with E-state index in [1.165, 1.54) is 24.3 Å². The van der Waals surface area contributed by atoms with Crippen LogP contribution in [0.3, 0.4) is 0 Å². The highest BCUT2D eigenvalue weighted by Crippen LogP contribution is 2.19. The van der Waals surface area contributed by atoms with E-state index in [1.807, 2.05) is 0 Å². The fourth-order valence-corrected chi connectivity index (χ4v) is 3.95. The van der Waals surface area contributed by atoms with Crippen LogP contribution in [0.4, 0.5) is 5.69 Å². The molecule has 2 aromatic carbocycles. The van der Waals surface area contributed by atoms with Crippen molar-refractivity contribution in [3.63, 3.8) is 0 Å². The molecule has 0 aromatic heterocycles. The van der Waals surface area contributed by atoms with Crippen LogP contribution >= 0.6 is 11.6 Å². The lowest BCUT2D eigenvalue weighted by molar-refractivity contribution is 0.0930. The molecule has 138 valence electrons. The van der Waals surface area contributed by atoms with Crippen LogP contribution in [0.25, 0.3) is 0 Å². The minimum Gasteiger partial charge on any atom is -0.348 e. The SMILES string of the molecule is O=C(N[C@H]1CCCNC1)c1ccc(S(=O)(=O)Nc2ccc(Cl)cc2)cc1. The van der Waals surface area contributed by atoms with Gasteiger partial charge in [0.2, 0.25) is 0 Å². The Labute approximate surface area is 158 Å². The second-order valence-corrected chi connectivity index (χ2v) is 8.27. The Hall–Kier alpha value is -2.09. The number of rotatable bonds is 5. The summed E-state index contributed by atoms with van der Waals surface area (Å²) in [4.78, 5) is 12.4. The van der Waals surface area contributed by atoms with Crippen LogP contribution in [-0.2, 0) is 10.0 Å². The molecule has 1 aliphatic rings. The highest BCUT2D eigenvalue weighted by molar-refractivity contribution is 7.92. The van der Waals surface area contributed by atoms with E-state index in [4.69, 9.17) is 11.6 Å². The zero-order chi connectivity index (χ0) is 18.6. The number of hydrogen-bond acceptors (Lipinski definition) is 4. The summed E-state index contributed by atoms with van der Waals surface area (Å²) in [7, 11) is -3.73. The Morgan fingerprint density at radius 2 is 1.77 bits per heavy atom. The number of carbonyl (C=O) groups is 1. The van der Waals surface area contributed by atoms with Crippen molar-refractivity contribution in [1.29, 1.82) is 0 Å². The Balaban J connectivity index is 1.67. The highest BCUT2D eigenvalue weighted by atomic mass is 35.5. The standard InChI is InChI=1S/C18H20ClN3O3S/c19-14-5-7-15(8-6-14)22-26(24,25)17-9-3-13(4-10-17)18(23)21-16-2-1-11-20-12-16/h3-10,16,20,22H,1-2,11-12H2,(H,21,23)/t16-/m0/s1. The lowest BCUT2D eigenvalue weighted by atomic mass is 10.1. The molecule has 1 aliphatic heterocycles. The van der Waals surface area contributed by atoms with Crippen LogP contribution < -0.4 is 15.4 Å². The second-order valence-electron chi connectivity index (χ2n) is 6.15. The van der Waals surface area contributed by atoms with Gasteiger partial charge in [-0.25, -0.2) is 8.42 Å². The normalized spacial score (nSPS) is 17.5. The monoisotopic (exact) mass is 393 g/mol. The summed E-state index contributed by atoms with van der Waals surface area (Å²) in [6.45, 7) is 1.72. The average molecular weight is 394 g/mol. The molecule has 6 nitrogen and oxygen atoms in total. The summed E-state index contributed by atoms with van der Waals surface area (Å²) in [6, 6.07) is 12.4. The third kappa shape index (κ3) is 4.75. The van der Waals surface area contributed by atoms with Gasteiger partial charge in [-0.15, -0.1) is 0 Å². The first-order valence-corrected chi connectivity index (χ1v) is 10.2. The van der Waals surface area contributed by atoms with Crippen molar-refractivity contribution in [3.8, 4) is 0 Å². The number of nitrogens with one attached hydrogen (secondary N) is 3. The molecule has 0 saturated carbocycles. The molecule has 1 amide bonds. The predicted octanol–water partition coefficient (Wildman–Crippen LogP) is 2.62. The number of piperidine rings is 1. The average Bonchev–Trinajstić information content (AvgIpc) is 2.64. The summed E-state index contributed by atoms with van der Waals surface area (Å²) in [5.74, 6) is -0.201. The van der Waals surface area contributed by atoms with E-state index in [0.29, 0.717) is 16.3 Å². The first-order valence-electron chi connectivity index (χ1n) is 8.34. The molecular weight excluding hydrogens is 374 g/mol. The van der Waals surface area contributed by atoms with Crippen molar-refractivity contribution >= 4 is 33.2 Å². The third-order valence-electron chi connectivity index (χ3n) is 4.16. The maximum Gasteiger partial charge on any atom is 0.261 e. The van der Waals surface area contributed by atoms with Crippen LogP contribution in [0.1, 0.15) is 23.2 Å². The van der Waals surface area contributed by atoms with Crippen molar-refractivity contribution in [3.05, 3.63) is 59.1 Å². The van der Waals surface area contributed by atoms with Gasteiger partial charge in [-0.2, -0.15) is 0 Å². The van der Waals surface area contributed by atoms with Crippen molar-refractivity contribution < 1.29 is 13.2 Å². The van der Waals surface area contributed by atoms with Gasteiger partial charge in [0.15, 0.2) is 0 Å². The maximum atomic E-state index is 12.4. The summed E-state index contributed by atoms with van der Waals surface area (Å²) < 4.78 is 27.3. The van der Waals surface area contributed by atoms with E-state index in [-0.39, 0.29) is 16.8 Å². The van der Waals surface area contributed by atoms with E-state index >= 15 is 0 Å². The molecule has 2 aromatic rings. The van der Waals surface area contributed by atoms with Gasteiger partial charge in [-0.1, -0.05) is 11.6 Å². The molecule has 1 atom stereocenters. The molecule has 1 heterocycles. The van der Waals surface area contributed by atoms with Gasteiger partial charge in [-0.3, -0.25) is 9.52 Å². The molecule has 1 fully saturated rings. The zero-order valence-electron chi connectivity index (χ0n) is 14.0. The predicted molar refractivity (Wildman–Crippen MR) is 102 cm³/mol. The second kappa shape index (κ2) is 8.07. The van der Waals surface area contributed by atoms with Crippen molar-refractivity contribution in [2.24, 2.45) is 0 Å². The van der Waals surface area contributed by atoms with Gasteiger partial charge in [-0.05, 0) is 67.9 Å². The number of halogens is 1. The van der Waals surface area contributed by atoms with Gasteiger partial charge >= 0.3 is 0 Å². The molecule has 0 radical (unpaired) electrons. The Morgan fingerprint density at radius 3 is 2.38 bits per heavy atom. The molecule has 0 bridgehead atoms. The number of anilines is 1. The minimum absolute atomic E-state index is 0.0864. The molecule has 3 N–H and O–H groups in total. The first-order chi connectivity index (χ1) is 12.4. The highest BCUT2D eigenvalue weighted by Gasteiger charge is 2.18. The number of sulfonamides is 1. The van der Waals surface area contributed by atoms with E-state index in [0.717, 1.165) is 25.9 Å². The quantitative estimate of drug-likeness (QED) is 0.728. The van der Waals surface area contributed by atoms with E-state index in [9.17, 15) is 13.2 Å². The fraction of sp³-hybridized carbons (Fsp3) is 0.278. The Kier molecular flexibility index (Phi) is 5.80. The van der Waals surface area contributed by atoms with E-state index in [1.54, 1.807) is 24.3 Å². The van der Waals surface area contributed by atoms with Crippen molar-refractivity contribution in [2.75, 3.05) is 17.8 Å². The third-order valence-corrected chi connectivity index (χ3v) is 5.80. The van der Waals surface area contributed by atoms with Gasteiger partial charge in [0.25, 0.3) is 15.9 Å². The number of amides is 1. The van der Waals surface area contributed by atoms with Crippen LogP contribution in [0.15, 0.2) is 53.4 Å². The smallest absolute Gasteiger partial charge is 0.261 e. The fourth-order valence-electron chi connectivity index (χ4n) is 2.76. The van der Waals surface area contributed by atoms with Gasteiger partial charge in [0.05, 0.1) is 4.90 Å². The number of carbonyl (C=O) groups excluding carboxylic acids is 1. The molecule has 0 aliphatic carbocycles. The lowest BCUT2D eigenvalue weighted by Crippen LogP contribution is -2.45. The van der Waals surface area contributed by atoms with E-state index < -0.39 is 10.0 Å². The molecule has 26 heavy (non-hydrogen) atoms. The summed E-state index contributed by atoms with van der Waals surface area (Å²) in [6.07, 6.45) is 1.97. The molecule has 1 saturated heterocycles. The maximum absolute atomic E-state index is 12.4. The van der Waals surface area contributed by atoms with Crippen LogP contribution in [-0.4, -0.2) is 33.5 Å². The van der Waals surface area contributed by atoms with E-state index in [2.05, 4.69) is 15.4 Å². The number of hydrogen-bond donors (Lipinski definition) is 3. The first kappa shape index (κ1) is 18.7. The summed E-state index contributed by atoms with van der Waals surface area (Å²) >= 11 is 5.80. The molecular formula is C18H20ClN3O3S. The zero-order valence-corrected chi connectivity index (χ0v) is 15.6. The largest absolute Gasteiger partial charge is 0.348 e. The molecule has 8 heteroatoms. The molecule has 0 spiro atoms. The van der Waals surface area contributed by atoms with Gasteiger partial charge in [0.1, 0.15) is 0 Å². The molecule has 0 unspecified atom stereocenters. The van der Waals surface area contributed by atoms with Crippen LogP contribution in [0.2, 0.25) is 5.02 Å². The minimum atomic E-state index is -3.73. The van der Waals surface area contributed by atoms with Gasteiger partial charge < -0.3 is 10.6 Å². The van der Waals surface area contributed by atoms with Gasteiger partial charge in [0, 0.05) is 28.9 Å². The van der Waals surface area contributed by atoms with Crippen LogP contribution in [0.5, 0.6) is 0 Å². The summed E-state index contributed by atoms with van der Waals surface area (Å²) in [5, 5.41) is 6.72.